The number of fused-ring (bicyclic) bond motifs is 1. The highest BCUT2D eigenvalue weighted by Crippen LogP contribution is 2.29. The molecule has 0 amide bonds. The number of carboxylic acids is 1. The molecule has 1 saturated heterocycles. The van der Waals surface area contributed by atoms with Crippen LogP contribution < -0.4 is 14.5 Å². The van der Waals surface area contributed by atoms with Gasteiger partial charge in [-0.1, -0.05) is 18.2 Å². The second-order valence-corrected chi connectivity index (χ2v) is 10.9. The fraction of sp³-hybridized carbons (Fsp3) is 0.167. The molecule has 8 nitrogen and oxygen atoms in total. The second-order valence-electron chi connectivity index (χ2n) is 8.03. The van der Waals surface area contributed by atoms with Crippen LogP contribution in [0.15, 0.2) is 70.3 Å². The molecule has 35 heavy (non-hydrogen) atoms. The number of sulfonamides is 1. The van der Waals surface area contributed by atoms with E-state index in [1.165, 1.54) is 24.3 Å². The average molecular weight is 513 g/mol. The third-order valence-electron chi connectivity index (χ3n) is 5.83. The van der Waals surface area contributed by atoms with E-state index in [2.05, 4.69) is 9.71 Å². The summed E-state index contributed by atoms with van der Waals surface area (Å²) in [6.45, 7) is 2.22. The lowest BCUT2D eigenvalue weighted by atomic mass is 10.1. The lowest BCUT2D eigenvalue weighted by Crippen LogP contribution is -2.47. The third-order valence-corrected chi connectivity index (χ3v) is 8.61. The minimum atomic E-state index is -3.77. The van der Waals surface area contributed by atoms with Gasteiger partial charge in [0.15, 0.2) is 0 Å². The fourth-order valence-corrected chi connectivity index (χ4v) is 6.16. The van der Waals surface area contributed by atoms with Crippen LogP contribution in [0.25, 0.3) is 10.9 Å². The van der Waals surface area contributed by atoms with Gasteiger partial charge in [-0.15, -0.1) is 11.3 Å². The van der Waals surface area contributed by atoms with Gasteiger partial charge in [-0.3, -0.25) is 4.72 Å². The molecule has 0 spiro atoms. The molecule has 0 saturated carbocycles. The number of thiophene rings is 1. The van der Waals surface area contributed by atoms with Gasteiger partial charge < -0.3 is 14.9 Å². The predicted molar refractivity (Wildman–Crippen MR) is 135 cm³/mol. The summed E-state index contributed by atoms with van der Waals surface area (Å²) in [5.41, 5.74) is 1.26. The van der Waals surface area contributed by atoms with Crippen molar-refractivity contribution in [3.05, 3.63) is 77.4 Å². The Morgan fingerprint density at radius 3 is 2.43 bits per heavy atom. The molecule has 1 fully saturated rings. The first-order chi connectivity index (χ1) is 16.8. The molecule has 0 atom stereocenters. The maximum absolute atomic E-state index is 14.2. The summed E-state index contributed by atoms with van der Waals surface area (Å²) in [6, 6.07) is 15.9. The smallest absolute Gasteiger partial charge is 0.336 e. The number of carbonyl (C=O) groups is 1. The van der Waals surface area contributed by atoms with Crippen LogP contribution in [-0.2, 0) is 10.0 Å². The number of para-hydroxylation sites is 1. The van der Waals surface area contributed by atoms with Gasteiger partial charge in [0, 0.05) is 37.3 Å². The molecule has 2 aromatic carbocycles. The van der Waals surface area contributed by atoms with Crippen molar-refractivity contribution in [1.29, 1.82) is 0 Å². The molecule has 1 aliphatic rings. The Morgan fingerprint density at radius 2 is 1.74 bits per heavy atom. The summed E-state index contributed by atoms with van der Waals surface area (Å²) >= 11 is 1.09. The highest BCUT2D eigenvalue weighted by Gasteiger charge is 2.23. The molecule has 180 valence electrons. The van der Waals surface area contributed by atoms with Gasteiger partial charge in [0.1, 0.15) is 15.8 Å². The number of piperazine rings is 1. The number of hydrogen-bond donors (Lipinski definition) is 2. The zero-order valence-electron chi connectivity index (χ0n) is 18.4. The Labute approximate surface area is 205 Å². The van der Waals surface area contributed by atoms with Crippen LogP contribution in [0.3, 0.4) is 0 Å². The monoisotopic (exact) mass is 512 g/mol. The number of halogens is 1. The quantitative estimate of drug-likeness (QED) is 0.398. The normalized spacial score (nSPS) is 14.3. The van der Waals surface area contributed by atoms with Crippen molar-refractivity contribution in [2.24, 2.45) is 0 Å². The maximum Gasteiger partial charge on any atom is 0.336 e. The van der Waals surface area contributed by atoms with E-state index in [1.54, 1.807) is 41.8 Å². The molecule has 3 heterocycles. The number of nitrogens with one attached hydrogen (secondary N) is 1. The lowest BCUT2D eigenvalue weighted by molar-refractivity contribution is 0.0699. The van der Waals surface area contributed by atoms with Crippen LogP contribution in [0.1, 0.15) is 10.4 Å². The molecule has 0 aliphatic carbocycles. The molecule has 0 bridgehead atoms. The number of hydrogen-bond acceptors (Lipinski definition) is 7. The van der Waals surface area contributed by atoms with Crippen LogP contribution in [0, 0.1) is 5.82 Å². The highest BCUT2D eigenvalue weighted by atomic mass is 32.2. The Bertz CT molecular complexity index is 1500. The topological polar surface area (TPSA) is 103 Å². The number of nitrogens with zero attached hydrogens (tertiary/aromatic N) is 3. The van der Waals surface area contributed by atoms with Gasteiger partial charge in [-0.05, 0) is 47.8 Å². The minimum Gasteiger partial charge on any atom is -0.478 e. The Hall–Kier alpha value is -3.70. The first kappa shape index (κ1) is 23.1. The van der Waals surface area contributed by atoms with Crippen LogP contribution in [0.4, 0.5) is 21.6 Å². The van der Waals surface area contributed by atoms with Gasteiger partial charge in [0.25, 0.3) is 10.0 Å². The number of carboxylic acid groups (broad SMARTS) is 1. The standard InChI is InChI=1S/C24H21FN4O4S2/c25-19-4-1-2-5-21(19)28-9-11-29(12-10-28)22-15-18(24(30)31)17-14-16(7-8-20(17)26-22)27-35(32,33)23-6-3-13-34-23/h1-8,13-15,27H,9-12H2,(H,30,31). The number of anilines is 3. The summed E-state index contributed by atoms with van der Waals surface area (Å²) < 4.78 is 41.9. The maximum atomic E-state index is 14.2. The van der Waals surface area contributed by atoms with E-state index in [0.29, 0.717) is 48.6 Å². The summed E-state index contributed by atoms with van der Waals surface area (Å²) in [7, 11) is -3.77. The minimum absolute atomic E-state index is 0.0266. The van der Waals surface area contributed by atoms with E-state index in [1.807, 2.05) is 9.80 Å². The van der Waals surface area contributed by atoms with Crippen molar-refractivity contribution in [3.8, 4) is 0 Å². The van der Waals surface area contributed by atoms with E-state index in [4.69, 9.17) is 0 Å². The third kappa shape index (κ3) is 4.64. The first-order valence-electron chi connectivity index (χ1n) is 10.8. The molecule has 0 unspecified atom stereocenters. The molecule has 1 aliphatic heterocycles. The SMILES string of the molecule is O=C(O)c1cc(N2CCN(c3ccccc3F)CC2)nc2ccc(NS(=O)(=O)c3cccs3)cc12. The number of aromatic nitrogens is 1. The highest BCUT2D eigenvalue weighted by molar-refractivity contribution is 7.94. The van der Waals surface area contributed by atoms with Crippen LogP contribution >= 0.6 is 11.3 Å². The van der Waals surface area contributed by atoms with E-state index >= 15 is 0 Å². The van der Waals surface area contributed by atoms with E-state index in [9.17, 15) is 22.7 Å². The summed E-state index contributed by atoms with van der Waals surface area (Å²) in [6.07, 6.45) is 0. The molecule has 5 rings (SSSR count). The summed E-state index contributed by atoms with van der Waals surface area (Å²) in [5.74, 6) is -0.902. The second kappa shape index (κ2) is 9.16. The van der Waals surface area contributed by atoms with Gasteiger partial charge >= 0.3 is 5.97 Å². The molecule has 2 aromatic heterocycles. The first-order valence-corrected chi connectivity index (χ1v) is 13.2. The van der Waals surface area contributed by atoms with E-state index < -0.39 is 16.0 Å². The number of aromatic carboxylic acids is 1. The van der Waals surface area contributed by atoms with Gasteiger partial charge in [-0.2, -0.15) is 0 Å². The van der Waals surface area contributed by atoms with Crippen LogP contribution in [0.2, 0.25) is 0 Å². The van der Waals surface area contributed by atoms with Crippen LogP contribution in [0.5, 0.6) is 0 Å². The molecule has 0 radical (unpaired) electrons. The van der Waals surface area contributed by atoms with Gasteiger partial charge in [0.2, 0.25) is 0 Å². The lowest BCUT2D eigenvalue weighted by Gasteiger charge is -2.37. The van der Waals surface area contributed by atoms with Crippen molar-refractivity contribution in [2.45, 2.75) is 4.21 Å². The zero-order chi connectivity index (χ0) is 24.6. The van der Waals surface area contributed by atoms with Crippen molar-refractivity contribution >= 4 is 55.4 Å². The Morgan fingerprint density at radius 1 is 1.00 bits per heavy atom. The molecule has 4 aromatic rings. The Balaban J connectivity index is 1.41. The van der Waals surface area contributed by atoms with Crippen LogP contribution in [-0.4, -0.2) is 50.7 Å². The fourth-order valence-electron chi connectivity index (χ4n) is 4.12. The van der Waals surface area contributed by atoms with Crippen molar-refractivity contribution < 1.29 is 22.7 Å². The summed E-state index contributed by atoms with van der Waals surface area (Å²) in [4.78, 5) is 20.6. The average Bonchev–Trinajstić information content (AvgIpc) is 3.40. The molecule has 2 N–H and O–H groups in total. The number of rotatable bonds is 6. The van der Waals surface area contributed by atoms with Gasteiger partial charge in [-0.25, -0.2) is 22.6 Å². The largest absolute Gasteiger partial charge is 0.478 e. The predicted octanol–water partition coefficient (Wildman–Crippen LogP) is 4.26. The van der Waals surface area contributed by atoms with E-state index in [0.717, 1.165) is 11.3 Å². The van der Waals surface area contributed by atoms with Crippen molar-refractivity contribution in [2.75, 3.05) is 40.7 Å². The number of benzene rings is 2. The molecular weight excluding hydrogens is 491 g/mol. The van der Waals surface area contributed by atoms with Crippen molar-refractivity contribution in [3.63, 3.8) is 0 Å². The Kier molecular flexibility index (Phi) is 6.03. The zero-order valence-corrected chi connectivity index (χ0v) is 20.0. The summed E-state index contributed by atoms with van der Waals surface area (Å²) in [5, 5.41) is 11.9. The van der Waals surface area contributed by atoms with E-state index in [-0.39, 0.29) is 21.3 Å². The molecule has 11 heteroatoms. The molecular formula is C24H21FN4O4S2. The number of pyridine rings is 1. The van der Waals surface area contributed by atoms with Gasteiger partial charge in [0.05, 0.1) is 16.8 Å². The van der Waals surface area contributed by atoms with Crippen molar-refractivity contribution in [1.82, 2.24) is 4.98 Å².